The van der Waals surface area contributed by atoms with Crippen molar-refractivity contribution in [1.82, 2.24) is 4.98 Å². The van der Waals surface area contributed by atoms with Crippen molar-refractivity contribution in [3.05, 3.63) is 30.0 Å². The maximum absolute atomic E-state index is 5.74. The fraction of sp³-hybridized carbons (Fsp3) is 0.111. The molecule has 2 nitrogen and oxygen atoms in total. The van der Waals surface area contributed by atoms with Crippen LogP contribution in [-0.4, -0.2) is 4.98 Å². The molecule has 0 amide bonds. The largest absolute Gasteiger partial charge is 0.397 e. The molecule has 3 N–H and O–H groups in total. The lowest BCUT2D eigenvalue weighted by atomic mass is 10.1. The third-order valence-corrected chi connectivity index (χ3v) is 1.97. The van der Waals surface area contributed by atoms with E-state index in [0.29, 0.717) is 0 Å². The second-order valence-electron chi connectivity index (χ2n) is 2.74. The molecule has 0 atom stereocenters. The maximum Gasteiger partial charge on any atom is 0.0690 e. The molecule has 0 fully saturated rings. The molecule has 1 aromatic heterocycles. The minimum Gasteiger partial charge on any atom is -0.397 e. The molecule has 1 heterocycles. The molecule has 0 aliphatic heterocycles. The average Bonchev–Trinajstić information content (AvgIpc) is 2.45. The van der Waals surface area contributed by atoms with Gasteiger partial charge in [0, 0.05) is 11.6 Å². The second-order valence-corrected chi connectivity index (χ2v) is 2.74. The number of aryl methyl sites for hydroxylation is 1. The smallest absolute Gasteiger partial charge is 0.0690 e. The van der Waals surface area contributed by atoms with Gasteiger partial charge in [0.25, 0.3) is 0 Å². The van der Waals surface area contributed by atoms with Gasteiger partial charge in [0.1, 0.15) is 0 Å². The van der Waals surface area contributed by atoms with E-state index in [-0.39, 0.29) is 0 Å². The van der Waals surface area contributed by atoms with Crippen molar-refractivity contribution in [2.24, 2.45) is 0 Å². The van der Waals surface area contributed by atoms with Crippen LogP contribution in [-0.2, 0) is 0 Å². The van der Waals surface area contributed by atoms with Gasteiger partial charge in [-0.3, -0.25) is 0 Å². The van der Waals surface area contributed by atoms with Crippen molar-refractivity contribution in [1.29, 1.82) is 0 Å². The first-order chi connectivity index (χ1) is 5.29. The summed E-state index contributed by atoms with van der Waals surface area (Å²) in [4.78, 5) is 3.10. The van der Waals surface area contributed by atoms with Gasteiger partial charge in [-0.2, -0.15) is 0 Å². The highest BCUT2D eigenvalue weighted by molar-refractivity contribution is 5.92. The Hall–Kier alpha value is -1.44. The van der Waals surface area contributed by atoms with E-state index in [2.05, 4.69) is 11.9 Å². The minimum absolute atomic E-state index is 0.815. The lowest BCUT2D eigenvalue weighted by Crippen LogP contribution is -1.86. The van der Waals surface area contributed by atoms with E-state index >= 15 is 0 Å². The van der Waals surface area contributed by atoms with Crippen molar-refractivity contribution in [2.75, 3.05) is 5.73 Å². The molecular weight excluding hydrogens is 136 g/mol. The molecule has 0 unspecified atom stereocenters. The van der Waals surface area contributed by atoms with Crippen LogP contribution in [0.5, 0.6) is 0 Å². The van der Waals surface area contributed by atoms with Gasteiger partial charge in [0.15, 0.2) is 0 Å². The highest BCUT2D eigenvalue weighted by atomic mass is 14.7. The quantitative estimate of drug-likeness (QED) is 0.549. The van der Waals surface area contributed by atoms with E-state index in [4.69, 9.17) is 5.73 Å². The van der Waals surface area contributed by atoms with E-state index < -0.39 is 0 Å². The highest BCUT2D eigenvalue weighted by Crippen LogP contribution is 2.21. The zero-order chi connectivity index (χ0) is 7.84. The summed E-state index contributed by atoms with van der Waals surface area (Å²) in [5.74, 6) is 0. The standard InChI is InChI=1S/C9H10N2/c1-6-2-3-8(10)9-7(6)4-5-11-9/h2-5,11H,10H2,1H3. The summed E-state index contributed by atoms with van der Waals surface area (Å²) in [6.07, 6.45) is 1.91. The van der Waals surface area contributed by atoms with E-state index in [9.17, 15) is 0 Å². The normalized spacial score (nSPS) is 10.6. The molecule has 0 saturated carbocycles. The van der Waals surface area contributed by atoms with Crippen molar-refractivity contribution in [3.8, 4) is 0 Å². The zero-order valence-corrected chi connectivity index (χ0v) is 6.39. The lowest BCUT2D eigenvalue weighted by Gasteiger charge is -1.98. The molecule has 2 heteroatoms. The number of rotatable bonds is 0. The fourth-order valence-corrected chi connectivity index (χ4v) is 1.32. The monoisotopic (exact) mass is 146 g/mol. The van der Waals surface area contributed by atoms with Gasteiger partial charge >= 0.3 is 0 Å². The zero-order valence-electron chi connectivity index (χ0n) is 6.39. The Labute approximate surface area is 65.0 Å². The summed E-state index contributed by atoms with van der Waals surface area (Å²) in [5.41, 5.74) is 8.86. The van der Waals surface area contributed by atoms with Crippen LogP contribution in [0, 0.1) is 6.92 Å². The van der Waals surface area contributed by atoms with Gasteiger partial charge in [-0.15, -0.1) is 0 Å². The Kier molecular flexibility index (Phi) is 1.15. The molecule has 2 aromatic rings. The average molecular weight is 146 g/mol. The number of hydrogen-bond donors (Lipinski definition) is 2. The summed E-state index contributed by atoms with van der Waals surface area (Å²) < 4.78 is 0. The fourth-order valence-electron chi connectivity index (χ4n) is 1.32. The van der Waals surface area contributed by atoms with Crippen LogP contribution in [0.1, 0.15) is 5.56 Å². The van der Waals surface area contributed by atoms with Crippen LogP contribution in [0.2, 0.25) is 0 Å². The Bertz CT molecular complexity index is 351. The number of fused-ring (bicyclic) bond motifs is 1. The second kappa shape index (κ2) is 2.02. The topological polar surface area (TPSA) is 41.8 Å². The van der Waals surface area contributed by atoms with Crippen molar-refractivity contribution >= 4 is 16.6 Å². The van der Waals surface area contributed by atoms with E-state index in [1.807, 2.05) is 24.4 Å². The van der Waals surface area contributed by atoms with Gasteiger partial charge in [-0.05, 0) is 24.6 Å². The number of H-pyrrole nitrogens is 1. The van der Waals surface area contributed by atoms with Crippen LogP contribution in [0.3, 0.4) is 0 Å². The number of nitrogen functional groups attached to an aromatic ring is 1. The number of benzene rings is 1. The molecule has 0 saturated heterocycles. The molecule has 0 radical (unpaired) electrons. The van der Waals surface area contributed by atoms with Gasteiger partial charge in [-0.1, -0.05) is 6.07 Å². The first-order valence-electron chi connectivity index (χ1n) is 3.61. The van der Waals surface area contributed by atoms with E-state index in [0.717, 1.165) is 11.2 Å². The Balaban J connectivity index is 2.96. The first kappa shape index (κ1) is 6.28. The van der Waals surface area contributed by atoms with E-state index in [1.165, 1.54) is 10.9 Å². The minimum atomic E-state index is 0.815. The molecule has 0 spiro atoms. The number of aromatic nitrogens is 1. The third kappa shape index (κ3) is 0.792. The predicted molar refractivity (Wildman–Crippen MR) is 47.4 cm³/mol. The molecule has 1 aromatic carbocycles. The van der Waals surface area contributed by atoms with Gasteiger partial charge < -0.3 is 10.7 Å². The Morgan fingerprint density at radius 2 is 2.09 bits per heavy atom. The van der Waals surface area contributed by atoms with Crippen LogP contribution >= 0.6 is 0 Å². The Morgan fingerprint density at radius 3 is 2.82 bits per heavy atom. The van der Waals surface area contributed by atoms with Gasteiger partial charge in [0.05, 0.1) is 11.2 Å². The molecule has 56 valence electrons. The molecular formula is C9H10N2. The summed E-state index contributed by atoms with van der Waals surface area (Å²) in [6.45, 7) is 2.08. The number of hydrogen-bond acceptors (Lipinski definition) is 1. The Morgan fingerprint density at radius 1 is 1.27 bits per heavy atom. The van der Waals surface area contributed by atoms with Gasteiger partial charge in [0.2, 0.25) is 0 Å². The molecule has 2 rings (SSSR count). The first-order valence-corrected chi connectivity index (χ1v) is 3.61. The van der Waals surface area contributed by atoms with Crippen LogP contribution in [0.15, 0.2) is 24.4 Å². The summed E-state index contributed by atoms with van der Waals surface area (Å²) >= 11 is 0. The predicted octanol–water partition coefficient (Wildman–Crippen LogP) is 2.06. The van der Waals surface area contributed by atoms with Crippen LogP contribution < -0.4 is 5.73 Å². The SMILES string of the molecule is Cc1ccc(N)c2[nH]ccc12. The summed E-state index contributed by atoms with van der Waals surface area (Å²) in [6, 6.07) is 6.00. The van der Waals surface area contributed by atoms with Crippen LogP contribution in [0.25, 0.3) is 10.9 Å². The van der Waals surface area contributed by atoms with Crippen molar-refractivity contribution in [3.63, 3.8) is 0 Å². The number of nitrogens with two attached hydrogens (primary N) is 1. The highest BCUT2D eigenvalue weighted by Gasteiger charge is 1.99. The number of anilines is 1. The van der Waals surface area contributed by atoms with Crippen molar-refractivity contribution < 1.29 is 0 Å². The molecule has 0 bridgehead atoms. The van der Waals surface area contributed by atoms with E-state index in [1.54, 1.807) is 0 Å². The number of nitrogens with one attached hydrogen (secondary N) is 1. The summed E-state index contributed by atoms with van der Waals surface area (Å²) in [5, 5.41) is 1.21. The van der Waals surface area contributed by atoms with Gasteiger partial charge in [-0.25, -0.2) is 0 Å². The molecule has 0 aliphatic carbocycles. The maximum atomic E-state index is 5.74. The molecule has 0 aliphatic rings. The number of aromatic amines is 1. The summed E-state index contributed by atoms with van der Waals surface area (Å²) in [7, 11) is 0. The molecule has 11 heavy (non-hydrogen) atoms. The third-order valence-electron chi connectivity index (χ3n) is 1.97. The van der Waals surface area contributed by atoms with Crippen LogP contribution in [0.4, 0.5) is 5.69 Å². The lowest BCUT2D eigenvalue weighted by molar-refractivity contribution is 1.47. The van der Waals surface area contributed by atoms with Crippen molar-refractivity contribution in [2.45, 2.75) is 6.92 Å².